The lowest BCUT2D eigenvalue weighted by molar-refractivity contribution is 0.0469. The molecule has 2 aromatic heterocycles. The van der Waals surface area contributed by atoms with Gasteiger partial charge >= 0.3 is 5.97 Å². The second kappa shape index (κ2) is 10.4. The van der Waals surface area contributed by atoms with Crippen LogP contribution in [0, 0.1) is 6.92 Å². The Labute approximate surface area is 200 Å². The molecule has 2 aromatic carbocycles. The molecule has 34 heavy (non-hydrogen) atoms. The van der Waals surface area contributed by atoms with Crippen LogP contribution in [0.1, 0.15) is 56.7 Å². The van der Waals surface area contributed by atoms with Gasteiger partial charge in [0.25, 0.3) is 11.5 Å². The fraction of sp³-hybridized carbons (Fsp3) is 0.240. The summed E-state index contributed by atoms with van der Waals surface area (Å²) in [7, 11) is 0. The molecule has 0 fully saturated rings. The zero-order valence-electron chi connectivity index (χ0n) is 18.9. The molecule has 0 aliphatic rings. The van der Waals surface area contributed by atoms with Gasteiger partial charge in [-0.3, -0.25) is 9.59 Å². The van der Waals surface area contributed by atoms with Gasteiger partial charge in [-0.1, -0.05) is 55.0 Å². The molecule has 0 saturated heterocycles. The minimum atomic E-state index is -0.629. The Bertz CT molecular complexity index is 1410. The Morgan fingerprint density at radius 2 is 1.82 bits per heavy atom. The van der Waals surface area contributed by atoms with Crippen molar-refractivity contribution < 1.29 is 14.3 Å². The quantitative estimate of drug-likeness (QED) is 0.378. The van der Waals surface area contributed by atoms with Crippen LogP contribution in [-0.4, -0.2) is 26.5 Å². The van der Waals surface area contributed by atoms with E-state index in [0.717, 1.165) is 29.8 Å². The molecule has 0 aliphatic heterocycles. The van der Waals surface area contributed by atoms with Gasteiger partial charge in [0, 0.05) is 18.1 Å². The molecule has 2 heterocycles. The third-order valence-corrected chi connectivity index (χ3v) is 6.19. The number of esters is 1. The van der Waals surface area contributed by atoms with Crippen LogP contribution in [0.3, 0.4) is 0 Å². The van der Waals surface area contributed by atoms with E-state index < -0.39 is 5.97 Å². The van der Waals surface area contributed by atoms with E-state index >= 15 is 0 Å². The first-order valence-corrected chi connectivity index (χ1v) is 11.8. The fourth-order valence-electron chi connectivity index (χ4n) is 3.40. The number of hydrogen-bond acceptors (Lipinski definition) is 7. The number of benzene rings is 2. The summed E-state index contributed by atoms with van der Waals surface area (Å²) >= 11 is 1.36. The lowest BCUT2D eigenvalue weighted by Gasteiger charge is -2.12. The maximum atomic E-state index is 12.8. The summed E-state index contributed by atoms with van der Waals surface area (Å²) in [6, 6.07) is 15.1. The Balaban J connectivity index is 1.48. The molecule has 4 aromatic rings. The van der Waals surface area contributed by atoms with Gasteiger partial charge in [0.2, 0.25) is 4.96 Å². The van der Waals surface area contributed by atoms with Crippen molar-refractivity contribution in [1.29, 1.82) is 0 Å². The summed E-state index contributed by atoms with van der Waals surface area (Å²) in [5, 5.41) is 7.95. The van der Waals surface area contributed by atoms with Crippen molar-refractivity contribution in [2.45, 2.75) is 39.7 Å². The van der Waals surface area contributed by atoms with Gasteiger partial charge in [-0.25, -0.2) is 9.78 Å². The summed E-state index contributed by atoms with van der Waals surface area (Å²) in [5.74, 6) is -0.946. The minimum Gasteiger partial charge on any atom is -0.456 e. The van der Waals surface area contributed by atoms with Crippen LogP contribution in [0.2, 0.25) is 0 Å². The first-order chi connectivity index (χ1) is 16.5. The lowest BCUT2D eigenvalue weighted by Crippen LogP contribution is -2.18. The van der Waals surface area contributed by atoms with Gasteiger partial charge in [0.05, 0.1) is 16.9 Å². The number of carbonyl (C=O) groups excluding carboxylic acids is 2. The normalized spacial score (nSPS) is 10.9. The van der Waals surface area contributed by atoms with Crippen molar-refractivity contribution in [2.24, 2.45) is 0 Å². The number of aryl methyl sites for hydroxylation is 2. The molecule has 0 aliphatic carbocycles. The second-order valence-corrected chi connectivity index (χ2v) is 8.81. The largest absolute Gasteiger partial charge is 0.456 e. The Morgan fingerprint density at radius 3 is 2.59 bits per heavy atom. The number of nitrogens with one attached hydrogen (secondary N) is 1. The lowest BCUT2D eigenvalue weighted by atomic mass is 10.1. The molecule has 0 bridgehead atoms. The average Bonchev–Trinajstić information content (AvgIpc) is 3.25. The first-order valence-electron chi connectivity index (χ1n) is 11.0. The van der Waals surface area contributed by atoms with E-state index in [1.54, 1.807) is 36.4 Å². The van der Waals surface area contributed by atoms with E-state index in [-0.39, 0.29) is 23.6 Å². The molecule has 1 amide bonds. The minimum absolute atomic E-state index is 0.174. The summed E-state index contributed by atoms with van der Waals surface area (Å²) < 4.78 is 6.70. The third-order valence-electron chi connectivity index (χ3n) is 5.22. The van der Waals surface area contributed by atoms with Crippen molar-refractivity contribution in [1.82, 2.24) is 14.6 Å². The van der Waals surface area contributed by atoms with Gasteiger partial charge in [0.15, 0.2) is 0 Å². The Morgan fingerprint density at radius 1 is 1.09 bits per heavy atom. The highest BCUT2D eigenvalue weighted by Crippen LogP contribution is 2.19. The molecule has 0 spiro atoms. The SMILES string of the molecule is CCCCc1nn2c(=O)cc(COC(=O)c3ccccc3NC(=O)c3ccccc3C)nc2s1. The number of nitrogens with zero attached hydrogens (tertiary/aromatic N) is 3. The highest BCUT2D eigenvalue weighted by molar-refractivity contribution is 7.16. The number of anilines is 1. The number of aromatic nitrogens is 3. The summed E-state index contributed by atoms with van der Waals surface area (Å²) in [6.45, 7) is 3.76. The number of hydrogen-bond donors (Lipinski definition) is 1. The average molecular weight is 477 g/mol. The van der Waals surface area contributed by atoms with Crippen LogP contribution in [0.25, 0.3) is 4.96 Å². The molecular formula is C25H24N4O4S. The molecule has 0 radical (unpaired) electrons. The highest BCUT2D eigenvalue weighted by atomic mass is 32.1. The van der Waals surface area contributed by atoms with Crippen LogP contribution < -0.4 is 10.9 Å². The summed E-state index contributed by atoms with van der Waals surface area (Å²) in [4.78, 5) is 42.8. The predicted molar refractivity (Wildman–Crippen MR) is 130 cm³/mol. The monoisotopic (exact) mass is 476 g/mol. The van der Waals surface area contributed by atoms with Gasteiger partial charge in [0.1, 0.15) is 11.6 Å². The number of para-hydroxylation sites is 1. The van der Waals surface area contributed by atoms with Crippen molar-refractivity contribution in [3.8, 4) is 0 Å². The number of rotatable bonds is 8. The number of ether oxygens (including phenoxy) is 1. The molecular weight excluding hydrogens is 452 g/mol. The highest BCUT2D eigenvalue weighted by Gasteiger charge is 2.17. The van der Waals surface area contributed by atoms with Crippen molar-refractivity contribution in [3.63, 3.8) is 0 Å². The van der Waals surface area contributed by atoms with E-state index in [2.05, 4.69) is 22.3 Å². The molecule has 0 unspecified atom stereocenters. The van der Waals surface area contributed by atoms with Gasteiger partial charge < -0.3 is 10.1 Å². The second-order valence-electron chi connectivity index (χ2n) is 7.77. The molecule has 0 atom stereocenters. The molecule has 4 rings (SSSR count). The molecule has 1 N–H and O–H groups in total. The van der Waals surface area contributed by atoms with Gasteiger partial charge in [-0.05, 0) is 37.1 Å². The van der Waals surface area contributed by atoms with E-state index in [1.165, 1.54) is 21.9 Å². The number of unbranched alkanes of at least 4 members (excludes halogenated alkanes) is 1. The predicted octanol–water partition coefficient (Wildman–Crippen LogP) is 4.41. The van der Waals surface area contributed by atoms with Crippen LogP contribution >= 0.6 is 11.3 Å². The molecule has 9 heteroatoms. The van der Waals surface area contributed by atoms with Crippen LogP contribution in [0.5, 0.6) is 0 Å². The van der Waals surface area contributed by atoms with Crippen molar-refractivity contribution >= 4 is 33.9 Å². The third kappa shape index (κ3) is 5.20. The van der Waals surface area contributed by atoms with Crippen LogP contribution in [-0.2, 0) is 17.8 Å². The summed E-state index contributed by atoms with van der Waals surface area (Å²) in [6.07, 6.45) is 2.81. The summed E-state index contributed by atoms with van der Waals surface area (Å²) in [5.41, 5.74) is 1.92. The standard InChI is InChI=1S/C25H24N4O4S/c1-3-4-13-21-28-29-22(30)14-17(26-25(29)34-21)15-33-24(32)19-11-7-8-12-20(19)27-23(31)18-10-6-5-9-16(18)2/h5-12,14H,3-4,13,15H2,1-2H3,(H,27,31). The van der Waals surface area contributed by atoms with Crippen molar-refractivity contribution in [2.75, 3.05) is 5.32 Å². The van der Waals surface area contributed by atoms with E-state index in [9.17, 15) is 14.4 Å². The van der Waals surface area contributed by atoms with E-state index in [1.807, 2.05) is 19.1 Å². The number of amides is 1. The maximum Gasteiger partial charge on any atom is 0.340 e. The topological polar surface area (TPSA) is 103 Å². The fourth-order valence-corrected chi connectivity index (χ4v) is 4.36. The van der Waals surface area contributed by atoms with Crippen molar-refractivity contribution in [3.05, 3.63) is 92.3 Å². The number of carbonyl (C=O) groups is 2. The maximum absolute atomic E-state index is 12.8. The molecule has 174 valence electrons. The zero-order valence-corrected chi connectivity index (χ0v) is 19.7. The van der Waals surface area contributed by atoms with Crippen LogP contribution in [0.15, 0.2) is 59.4 Å². The number of fused-ring (bicyclic) bond motifs is 1. The van der Waals surface area contributed by atoms with Crippen LogP contribution in [0.4, 0.5) is 5.69 Å². The molecule has 8 nitrogen and oxygen atoms in total. The van der Waals surface area contributed by atoms with E-state index in [0.29, 0.717) is 21.9 Å². The Hall–Kier alpha value is -3.85. The smallest absolute Gasteiger partial charge is 0.340 e. The zero-order chi connectivity index (χ0) is 24.1. The van der Waals surface area contributed by atoms with Gasteiger partial charge in [-0.2, -0.15) is 9.61 Å². The van der Waals surface area contributed by atoms with E-state index in [4.69, 9.17) is 4.74 Å². The first kappa shape index (κ1) is 23.3. The molecule has 0 saturated carbocycles. The van der Waals surface area contributed by atoms with Gasteiger partial charge in [-0.15, -0.1) is 0 Å². The Kier molecular flexibility index (Phi) is 7.12.